The van der Waals surface area contributed by atoms with Gasteiger partial charge in [-0.25, -0.2) is 22.6 Å². The smallest absolute Gasteiger partial charge is 0.317 e. The molecule has 3 aliphatic carbocycles. The van der Waals surface area contributed by atoms with Crippen LogP contribution in [-0.2, 0) is 4.74 Å². The zero-order valence-corrected chi connectivity index (χ0v) is 17.8. The van der Waals surface area contributed by atoms with Crippen molar-refractivity contribution in [2.75, 3.05) is 0 Å². The Morgan fingerprint density at radius 3 is 1.87 bits per heavy atom. The fraction of sp³-hybridized carbons (Fsp3) is 0.952. The summed E-state index contributed by atoms with van der Waals surface area (Å²) in [6.07, 6.45) is -11.1. The maximum absolute atomic E-state index is 14.8. The Kier molecular flexibility index (Phi) is 7.89. The highest BCUT2D eigenvalue weighted by Gasteiger charge is 2.56. The summed E-state index contributed by atoms with van der Waals surface area (Å²) in [4.78, 5) is 3.40. The topological polar surface area (TPSA) is 21.6 Å². The molecule has 0 aromatic rings. The molecule has 0 aromatic heterocycles. The van der Waals surface area contributed by atoms with E-state index in [0.717, 1.165) is 25.7 Å². The van der Waals surface area contributed by atoms with Gasteiger partial charge < -0.3 is 4.74 Å². The van der Waals surface area contributed by atoms with Crippen LogP contribution < -0.4 is 0 Å². The van der Waals surface area contributed by atoms with Crippen LogP contribution in [0.15, 0.2) is 4.99 Å². The van der Waals surface area contributed by atoms with Crippen molar-refractivity contribution < 1.29 is 31.1 Å². The first-order valence-electron chi connectivity index (χ1n) is 10.8. The van der Waals surface area contributed by atoms with Crippen LogP contribution in [0.1, 0.15) is 58.3 Å². The first-order valence-corrected chi connectivity index (χ1v) is 11.2. The van der Waals surface area contributed by atoms with Crippen molar-refractivity contribution in [1.82, 2.24) is 0 Å². The van der Waals surface area contributed by atoms with Gasteiger partial charge in [-0.2, -0.15) is 8.78 Å². The fourth-order valence-electron chi connectivity index (χ4n) is 5.48. The van der Waals surface area contributed by atoms with Gasteiger partial charge in [0.05, 0.1) is 11.3 Å². The number of hydrogen-bond acceptors (Lipinski definition) is 3. The fourth-order valence-corrected chi connectivity index (χ4v) is 5.60. The van der Waals surface area contributed by atoms with Crippen LogP contribution in [0.4, 0.5) is 26.3 Å². The second-order valence-electron chi connectivity index (χ2n) is 9.33. The van der Waals surface area contributed by atoms with Gasteiger partial charge in [0, 0.05) is 12.8 Å². The van der Waals surface area contributed by atoms with Crippen LogP contribution >= 0.6 is 12.2 Å². The van der Waals surface area contributed by atoms with Crippen LogP contribution in [0.2, 0.25) is 0 Å². The molecule has 0 spiro atoms. The van der Waals surface area contributed by atoms with Gasteiger partial charge in [0.15, 0.2) is 0 Å². The lowest BCUT2D eigenvalue weighted by Crippen LogP contribution is -2.52. The van der Waals surface area contributed by atoms with Gasteiger partial charge in [-0.05, 0) is 55.7 Å². The number of aliphatic imine (C=N–C) groups is 1. The molecule has 3 aliphatic rings. The number of ether oxygens (including phenoxy) is 1. The van der Waals surface area contributed by atoms with Crippen molar-refractivity contribution in [3.8, 4) is 0 Å². The lowest BCUT2D eigenvalue weighted by atomic mass is 9.68. The van der Waals surface area contributed by atoms with E-state index < -0.39 is 61.7 Å². The van der Waals surface area contributed by atoms with E-state index in [0.29, 0.717) is 5.92 Å². The van der Waals surface area contributed by atoms with E-state index in [2.05, 4.69) is 28.9 Å². The van der Waals surface area contributed by atoms with Crippen molar-refractivity contribution in [1.29, 1.82) is 0 Å². The third-order valence-corrected chi connectivity index (χ3v) is 7.30. The van der Waals surface area contributed by atoms with Crippen LogP contribution in [0.5, 0.6) is 0 Å². The van der Waals surface area contributed by atoms with Crippen molar-refractivity contribution >= 4 is 17.4 Å². The molecule has 0 aromatic carbocycles. The highest BCUT2D eigenvalue weighted by molar-refractivity contribution is 7.78. The van der Waals surface area contributed by atoms with E-state index in [1.807, 2.05) is 5.16 Å². The first kappa shape index (κ1) is 24.0. The maximum atomic E-state index is 14.8. The normalized spacial score (nSPS) is 45.6. The van der Waals surface area contributed by atoms with Gasteiger partial charge in [0.1, 0.15) is 36.6 Å². The molecule has 0 heterocycles. The molecule has 0 radical (unpaired) electrons. The number of thiocarbonyl (C=S) groups is 1. The van der Waals surface area contributed by atoms with Gasteiger partial charge in [-0.15, -0.1) is 0 Å². The standard InChI is InChI=1S/C21H29F6NOS/c1-11-2-4-12(5-3-11)13-6-15(22)19(16(23)7-13)21(26,27)29-14-8-17(24)20(28-10-30)18(25)9-14/h11-20H,2-9H2,1H3. The Labute approximate surface area is 178 Å². The molecule has 0 aliphatic heterocycles. The Hall–Kier alpha value is -0.660. The number of alkyl halides is 6. The number of halogens is 6. The van der Waals surface area contributed by atoms with Gasteiger partial charge in [-0.1, -0.05) is 19.8 Å². The zero-order valence-electron chi connectivity index (χ0n) is 17.0. The Balaban J connectivity index is 1.61. The van der Waals surface area contributed by atoms with E-state index in [9.17, 15) is 26.3 Å². The minimum absolute atomic E-state index is 0.128. The van der Waals surface area contributed by atoms with Crippen LogP contribution in [0, 0.1) is 23.7 Å². The maximum Gasteiger partial charge on any atom is 0.364 e. The number of nitrogens with zero attached hydrogens (tertiary/aromatic N) is 1. The molecule has 0 saturated heterocycles. The minimum atomic E-state index is -4.14. The summed E-state index contributed by atoms with van der Waals surface area (Å²) in [7, 11) is 0. The molecule has 0 bridgehead atoms. The Morgan fingerprint density at radius 1 is 0.833 bits per heavy atom. The summed E-state index contributed by atoms with van der Waals surface area (Å²) < 4.78 is 91.8. The van der Waals surface area contributed by atoms with E-state index in [-0.39, 0.29) is 24.7 Å². The molecule has 172 valence electrons. The lowest BCUT2D eigenvalue weighted by molar-refractivity contribution is -0.322. The summed E-state index contributed by atoms with van der Waals surface area (Å²) in [6, 6.07) is -1.41. The van der Waals surface area contributed by atoms with Crippen molar-refractivity contribution in [2.45, 2.75) is 101 Å². The van der Waals surface area contributed by atoms with Crippen LogP contribution in [0.25, 0.3) is 0 Å². The predicted octanol–water partition coefficient (Wildman–Crippen LogP) is 6.43. The molecule has 0 N–H and O–H groups in total. The van der Waals surface area contributed by atoms with E-state index >= 15 is 0 Å². The molecule has 2 nitrogen and oxygen atoms in total. The molecule has 3 rings (SSSR count). The van der Waals surface area contributed by atoms with Crippen molar-refractivity contribution in [3.05, 3.63) is 0 Å². The number of rotatable bonds is 5. The Bertz CT molecular complexity index is 601. The average molecular weight is 458 g/mol. The number of isothiocyanates is 1. The molecule has 3 fully saturated rings. The average Bonchev–Trinajstić information content (AvgIpc) is 2.64. The molecular weight excluding hydrogens is 428 g/mol. The largest absolute Gasteiger partial charge is 0.364 e. The summed E-state index contributed by atoms with van der Waals surface area (Å²) in [5.41, 5.74) is 0. The second kappa shape index (κ2) is 9.86. The van der Waals surface area contributed by atoms with Gasteiger partial charge >= 0.3 is 6.11 Å². The monoisotopic (exact) mass is 457 g/mol. The summed E-state index contributed by atoms with van der Waals surface area (Å²) in [5, 5.41) is 1.90. The molecule has 9 heteroatoms. The summed E-state index contributed by atoms with van der Waals surface area (Å²) in [5.74, 6) is -1.78. The molecule has 4 atom stereocenters. The van der Waals surface area contributed by atoms with E-state index in [1.54, 1.807) is 0 Å². The van der Waals surface area contributed by atoms with E-state index in [4.69, 9.17) is 0 Å². The second-order valence-corrected chi connectivity index (χ2v) is 9.51. The molecule has 3 saturated carbocycles. The molecule has 0 amide bonds. The molecule has 30 heavy (non-hydrogen) atoms. The first-order chi connectivity index (χ1) is 14.1. The lowest BCUT2D eigenvalue weighted by Gasteiger charge is -2.43. The number of hydrogen-bond donors (Lipinski definition) is 0. The third kappa shape index (κ3) is 5.39. The van der Waals surface area contributed by atoms with Gasteiger partial charge in [-0.3, -0.25) is 0 Å². The van der Waals surface area contributed by atoms with Gasteiger partial charge in [0.25, 0.3) is 0 Å². The predicted molar refractivity (Wildman–Crippen MR) is 105 cm³/mol. The van der Waals surface area contributed by atoms with Crippen LogP contribution in [0.3, 0.4) is 0 Å². The zero-order chi connectivity index (χ0) is 22.1. The molecular formula is C21H29F6NOS. The van der Waals surface area contributed by atoms with Crippen molar-refractivity contribution in [2.24, 2.45) is 28.7 Å². The van der Waals surface area contributed by atoms with Gasteiger partial charge in [0.2, 0.25) is 0 Å². The Morgan fingerprint density at radius 2 is 1.37 bits per heavy atom. The summed E-state index contributed by atoms with van der Waals surface area (Å²) >= 11 is 4.34. The van der Waals surface area contributed by atoms with E-state index in [1.165, 1.54) is 0 Å². The molecule has 4 unspecified atom stereocenters. The van der Waals surface area contributed by atoms with Crippen molar-refractivity contribution in [3.63, 3.8) is 0 Å². The highest BCUT2D eigenvalue weighted by atomic mass is 32.1. The third-order valence-electron chi connectivity index (χ3n) is 7.19. The minimum Gasteiger partial charge on any atom is -0.317 e. The quantitative estimate of drug-likeness (QED) is 0.269. The van der Waals surface area contributed by atoms with Crippen LogP contribution in [-0.4, -0.2) is 48.1 Å². The summed E-state index contributed by atoms with van der Waals surface area (Å²) in [6.45, 7) is 2.14. The highest BCUT2D eigenvalue weighted by Crippen LogP contribution is 2.48. The SMILES string of the molecule is CC1CCC(C2CC(F)C(C(F)(F)OC3CC(F)C(N=C=S)C(F)C3)C(F)C2)CC1.